The Balaban J connectivity index is 0.00000122. The molecule has 1 rings (SSSR count). The number of methoxy groups -OCH3 is 1. The van der Waals surface area contributed by atoms with E-state index in [1.165, 1.54) is 25.4 Å². The molecule has 1 fully saturated rings. The molecule has 6 nitrogen and oxygen atoms in total. The van der Waals surface area contributed by atoms with E-state index in [1.807, 2.05) is 0 Å². The fraction of sp³-hybridized carbons (Fsp3) is 0.800. The average molecular weight is 301 g/mol. The first-order chi connectivity index (χ1) is 9.87. The number of amides is 1. The summed E-state index contributed by atoms with van der Waals surface area (Å²) < 4.78 is 9.65. The highest BCUT2D eigenvalue weighted by Crippen LogP contribution is 2.19. The quantitative estimate of drug-likeness (QED) is 0.742. The number of esters is 2. The van der Waals surface area contributed by atoms with Crippen molar-refractivity contribution in [3.63, 3.8) is 0 Å². The summed E-state index contributed by atoms with van der Waals surface area (Å²) in [4.78, 5) is 35.7. The van der Waals surface area contributed by atoms with Crippen LogP contribution in [-0.2, 0) is 23.9 Å². The van der Waals surface area contributed by atoms with Crippen molar-refractivity contribution in [3.05, 3.63) is 0 Å². The van der Waals surface area contributed by atoms with Crippen LogP contribution in [0.25, 0.3) is 0 Å². The van der Waals surface area contributed by atoms with Crippen molar-refractivity contribution in [2.45, 2.75) is 65.5 Å². The molecule has 0 bridgehead atoms. The van der Waals surface area contributed by atoms with Crippen molar-refractivity contribution < 1.29 is 23.9 Å². The maximum atomic E-state index is 11.9. The van der Waals surface area contributed by atoms with Gasteiger partial charge in [-0.2, -0.15) is 0 Å². The fourth-order valence-corrected chi connectivity index (χ4v) is 2.03. The monoisotopic (exact) mass is 301 g/mol. The third-order valence-electron chi connectivity index (χ3n) is 2.93. The molecule has 0 aromatic heterocycles. The molecule has 0 aromatic carbocycles. The van der Waals surface area contributed by atoms with Gasteiger partial charge >= 0.3 is 11.9 Å². The Morgan fingerprint density at radius 1 is 1.29 bits per heavy atom. The SMILES string of the molecule is CCC.COC(=O)C[C@H](C)OC(=O)C1CCCN1C(C)=O. The molecule has 21 heavy (non-hydrogen) atoms. The molecule has 1 amide bonds. The summed E-state index contributed by atoms with van der Waals surface area (Å²) in [5.41, 5.74) is 0. The zero-order valence-corrected chi connectivity index (χ0v) is 13.7. The topological polar surface area (TPSA) is 72.9 Å². The van der Waals surface area contributed by atoms with Gasteiger partial charge in [-0.15, -0.1) is 0 Å². The van der Waals surface area contributed by atoms with Gasteiger partial charge in [-0.25, -0.2) is 4.79 Å². The van der Waals surface area contributed by atoms with Gasteiger partial charge < -0.3 is 14.4 Å². The molecule has 2 atom stereocenters. The van der Waals surface area contributed by atoms with E-state index in [-0.39, 0.29) is 12.3 Å². The largest absolute Gasteiger partial charge is 0.469 e. The zero-order chi connectivity index (χ0) is 16.4. The highest BCUT2D eigenvalue weighted by molar-refractivity contribution is 5.84. The molecular formula is C15H27NO5. The van der Waals surface area contributed by atoms with Crippen molar-refractivity contribution in [2.24, 2.45) is 0 Å². The molecule has 1 aliphatic rings. The van der Waals surface area contributed by atoms with E-state index in [4.69, 9.17) is 4.74 Å². The Bertz CT molecular complexity index is 356. The first-order valence-corrected chi connectivity index (χ1v) is 7.41. The number of carbonyl (C=O) groups is 3. The van der Waals surface area contributed by atoms with E-state index in [0.717, 1.165) is 6.42 Å². The fourth-order valence-electron chi connectivity index (χ4n) is 2.03. The van der Waals surface area contributed by atoms with Gasteiger partial charge in [0.2, 0.25) is 5.91 Å². The maximum Gasteiger partial charge on any atom is 0.329 e. The van der Waals surface area contributed by atoms with Gasteiger partial charge in [-0.1, -0.05) is 20.3 Å². The molecule has 0 saturated carbocycles. The summed E-state index contributed by atoms with van der Waals surface area (Å²) >= 11 is 0. The van der Waals surface area contributed by atoms with Crippen LogP contribution in [-0.4, -0.2) is 48.5 Å². The zero-order valence-electron chi connectivity index (χ0n) is 13.7. The summed E-state index contributed by atoms with van der Waals surface area (Å²) in [6, 6.07) is -0.511. The molecule has 1 aliphatic heterocycles. The van der Waals surface area contributed by atoms with Gasteiger partial charge in [0.1, 0.15) is 12.1 Å². The lowest BCUT2D eigenvalue weighted by atomic mass is 10.2. The lowest BCUT2D eigenvalue weighted by molar-refractivity contribution is -0.159. The molecule has 0 aliphatic carbocycles. The standard InChI is InChI=1S/C12H19NO5.C3H8/c1-8(7-11(15)17-3)18-12(16)10-5-4-6-13(10)9(2)14;1-3-2/h8,10H,4-7H2,1-3H3;3H2,1-2H3/t8-,10?;/m0./s1. The number of rotatable bonds is 4. The van der Waals surface area contributed by atoms with Gasteiger partial charge in [0.15, 0.2) is 0 Å². The van der Waals surface area contributed by atoms with Gasteiger partial charge in [0, 0.05) is 13.5 Å². The summed E-state index contributed by atoms with van der Waals surface area (Å²) in [6.45, 7) is 7.89. The number of nitrogens with zero attached hydrogens (tertiary/aromatic N) is 1. The second-order valence-electron chi connectivity index (χ2n) is 5.11. The predicted molar refractivity (Wildman–Crippen MR) is 78.6 cm³/mol. The summed E-state index contributed by atoms with van der Waals surface area (Å²) in [5.74, 6) is -1.00. The van der Waals surface area contributed by atoms with Crippen molar-refractivity contribution in [1.82, 2.24) is 4.90 Å². The number of likely N-dealkylation sites (tertiary alicyclic amines) is 1. The summed E-state index contributed by atoms with van der Waals surface area (Å²) in [7, 11) is 1.28. The molecule has 0 N–H and O–H groups in total. The van der Waals surface area contributed by atoms with Gasteiger partial charge in [-0.05, 0) is 19.8 Å². The van der Waals surface area contributed by atoms with Gasteiger partial charge in [0.05, 0.1) is 13.5 Å². The number of ether oxygens (including phenoxy) is 2. The van der Waals surface area contributed by atoms with Crippen molar-refractivity contribution >= 4 is 17.8 Å². The number of hydrogen-bond acceptors (Lipinski definition) is 5. The molecule has 122 valence electrons. The third kappa shape index (κ3) is 7.11. The van der Waals surface area contributed by atoms with Crippen LogP contribution < -0.4 is 0 Å². The van der Waals surface area contributed by atoms with E-state index in [9.17, 15) is 14.4 Å². The Labute approximate surface area is 126 Å². The molecule has 0 radical (unpaired) electrons. The molecule has 1 unspecified atom stereocenters. The average Bonchev–Trinajstić information content (AvgIpc) is 2.88. The van der Waals surface area contributed by atoms with E-state index < -0.39 is 24.1 Å². The van der Waals surface area contributed by atoms with Crippen LogP contribution in [0.1, 0.15) is 53.4 Å². The number of carbonyl (C=O) groups excluding carboxylic acids is 3. The summed E-state index contributed by atoms with van der Waals surface area (Å²) in [6.07, 6.45) is 2.14. The second-order valence-corrected chi connectivity index (χ2v) is 5.11. The van der Waals surface area contributed by atoms with Crippen molar-refractivity contribution in [1.29, 1.82) is 0 Å². The Kier molecular flexibility index (Phi) is 9.41. The normalized spacial score (nSPS) is 18.3. The maximum absolute atomic E-state index is 11.9. The van der Waals surface area contributed by atoms with E-state index in [2.05, 4.69) is 18.6 Å². The first kappa shape index (κ1) is 19.4. The molecule has 1 heterocycles. The Morgan fingerprint density at radius 2 is 1.86 bits per heavy atom. The third-order valence-corrected chi connectivity index (χ3v) is 2.93. The van der Waals surface area contributed by atoms with Crippen molar-refractivity contribution in [2.75, 3.05) is 13.7 Å². The molecule has 0 aromatic rings. The van der Waals surface area contributed by atoms with Crippen LogP contribution in [0.2, 0.25) is 0 Å². The van der Waals surface area contributed by atoms with E-state index in [1.54, 1.807) is 6.92 Å². The lowest BCUT2D eigenvalue weighted by Crippen LogP contribution is -2.41. The minimum absolute atomic E-state index is 0.0228. The summed E-state index contributed by atoms with van der Waals surface area (Å²) in [5, 5.41) is 0. The predicted octanol–water partition coefficient (Wildman–Crippen LogP) is 1.91. The van der Waals surface area contributed by atoms with E-state index in [0.29, 0.717) is 13.0 Å². The highest BCUT2D eigenvalue weighted by atomic mass is 16.6. The van der Waals surface area contributed by atoms with Crippen LogP contribution in [0.15, 0.2) is 0 Å². The van der Waals surface area contributed by atoms with Gasteiger partial charge in [-0.3, -0.25) is 9.59 Å². The van der Waals surface area contributed by atoms with Crippen LogP contribution >= 0.6 is 0 Å². The van der Waals surface area contributed by atoms with Crippen molar-refractivity contribution in [3.8, 4) is 0 Å². The van der Waals surface area contributed by atoms with Crippen LogP contribution in [0.5, 0.6) is 0 Å². The molecular weight excluding hydrogens is 274 g/mol. The molecule has 6 heteroatoms. The van der Waals surface area contributed by atoms with Crippen LogP contribution in [0, 0.1) is 0 Å². The Morgan fingerprint density at radius 3 is 2.33 bits per heavy atom. The first-order valence-electron chi connectivity index (χ1n) is 7.41. The Hall–Kier alpha value is -1.59. The van der Waals surface area contributed by atoms with Crippen LogP contribution in [0.4, 0.5) is 0 Å². The second kappa shape index (κ2) is 10.2. The van der Waals surface area contributed by atoms with E-state index >= 15 is 0 Å². The minimum atomic E-state index is -0.542. The number of hydrogen-bond donors (Lipinski definition) is 0. The molecule has 0 spiro atoms. The minimum Gasteiger partial charge on any atom is -0.469 e. The molecule has 1 saturated heterocycles. The highest BCUT2D eigenvalue weighted by Gasteiger charge is 2.34. The lowest BCUT2D eigenvalue weighted by Gasteiger charge is -2.23. The smallest absolute Gasteiger partial charge is 0.329 e. The van der Waals surface area contributed by atoms with Gasteiger partial charge in [0.25, 0.3) is 0 Å². The van der Waals surface area contributed by atoms with Crippen LogP contribution in [0.3, 0.4) is 0 Å².